The molecule has 0 aromatic carbocycles. The molecule has 1 rings (SSSR count). The molecule has 0 saturated heterocycles. The minimum Gasteiger partial charge on any atom is -0.480 e. The largest absolute Gasteiger partial charge is 0.480 e. The lowest BCUT2D eigenvalue weighted by Gasteiger charge is -2.17. The number of amides is 1. The molecule has 21 heavy (non-hydrogen) atoms. The quantitative estimate of drug-likeness (QED) is 0.716. The molecule has 2 N–H and O–H groups in total. The van der Waals surface area contributed by atoms with Gasteiger partial charge >= 0.3 is 5.97 Å². The fraction of sp³-hybridized carbons (Fsp3) is 0.538. The summed E-state index contributed by atoms with van der Waals surface area (Å²) < 4.78 is 5.95. The van der Waals surface area contributed by atoms with Gasteiger partial charge in [-0.15, -0.1) is 0 Å². The van der Waals surface area contributed by atoms with Gasteiger partial charge in [-0.1, -0.05) is 13.8 Å². The van der Waals surface area contributed by atoms with Crippen molar-refractivity contribution in [3.63, 3.8) is 0 Å². The highest BCUT2D eigenvalue weighted by atomic mass is 16.5. The molecule has 0 aliphatic rings. The molecule has 116 valence electrons. The van der Waals surface area contributed by atoms with Crippen LogP contribution in [-0.4, -0.2) is 46.5 Å². The Morgan fingerprint density at radius 1 is 1.43 bits per heavy atom. The monoisotopic (exact) mass is 297 g/mol. The van der Waals surface area contributed by atoms with E-state index in [0.29, 0.717) is 0 Å². The number of hydrogen-bond acceptors (Lipinski definition) is 5. The SMILES string of the molecule is COCCn1nc(C(=O)NC(C(=O)O)C(C)C)ccc1=O. The second kappa shape index (κ2) is 7.53. The van der Waals surface area contributed by atoms with Crippen LogP contribution in [0, 0.1) is 5.92 Å². The van der Waals surface area contributed by atoms with E-state index in [9.17, 15) is 14.4 Å². The highest BCUT2D eigenvalue weighted by Crippen LogP contribution is 2.03. The van der Waals surface area contributed by atoms with Crippen molar-refractivity contribution in [1.82, 2.24) is 15.1 Å². The predicted octanol–water partition coefficient (Wildman–Crippen LogP) is -0.271. The van der Waals surface area contributed by atoms with Gasteiger partial charge in [0.2, 0.25) is 0 Å². The number of aliphatic carboxylic acids is 1. The highest BCUT2D eigenvalue weighted by molar-refractivity contribution is 5.94. The van der Waals surface area contributed by atoms with Crippen LogP contribution in [-0.2, 0) is 16.1 Å². The van der Waals surface area contributed by atoms with Gasteiger partial charge in [-0.2, -0.15) is 5.10 Å². The fourth-order valence-electron chi connectivity index (χ4n) is 1.64. The smallest absolute Gasteiger partial charge is 0.326 e. The van der Waals surface area contributed by atoms with E-state index >= 15 is 0 Å². The van der Waals surface area contributed by atoms with Crippen molar-refractivity contribution in [3.8, 4) is 0 Å². The van der Waals surface area contributed by atoms with Crippen LogP contribution < -0.4 is 10.9 Å². The number of carbonyl (C=O) groups is 2. The molecule has 1 atom stereocenters. The summed E-state index contributed by atoms with van der Waals surface area (Å²) in [7, 11) is 1.49. The molecule has 0 radical (unpaired) electrons. The summed E-state index contributed by atoms with van der Waals surface area (Å²) in [5.41, 5.74) is -0.375. The topological polar surface area (TPSA) is 111 Å². The Balaban J connectivity index is 2.92. The molecular weight excluding hydrogens is 278 g/mol. The van der Waals surface area contributed by atoms with Crippen LogP contribution in [0.2, 0.25) is 0 Å². The van der Waals surface area contributed by atoms with Crippen molar-refractivity contribution in [2.24, 2.45) is 5.92 Å². The maximum atomic E-state index is 12.0. The number of carboxylic acid groups (broad SMARTS) is 1. The van der Waals surface area contributed by atoms with Crippen LogP contribution in [0.4, 0.5) is 0 Å². The summed E-state index contributed by atoms with van der Waals surface area (Å²) in [4.78, 5) is 34.6. The van der Waals surface area contributed by atoms with E-state index in [0.717, 1.165) is 4.68 Å². The first kappa shape index (κ1) is 16.8. The summed E-state index contributed by atoms with van der Waals surface area (Å²) in [5.74, 6) is -2.03. The van der Waals surface area contributed by atoms with Gasteiger partial charge in [0.05, 0.1) is 13.2 Å². The Kier molecular flexibility index (Phi) is 6.04. The van der Waals surface area contributed by atoms with Crippen molar-refractivity contribution in [2.45, 2.75) is 26.4 Å². The molecule has 1 aromatic heterocycles. The Morgan fingerprint density at radius 3 is 2.62 bits per heavy atom. The Hall–Kier alpha value is -2.22. The molecule has 0 saturated carbocycles. The van der Waals surface area contributed by atoms with Gasteiger partial charge in [0.15, 0.2) is 0 Å². The second-order valence-corrected chi connectivity index (χ2v) is 4.81. The van der Waals surface area contributed by atoms with Gasteiger partial charge in [-0.05, 0) is 12.0 Å². The van der Waals surface area contributed by atoms with E-state index in [1.165, 1.54) is 19.2 Å². The lowest BCUT2D eigenvalue weighted by molar-refractivity contribution is -0.140. The molecule has 1 aromatic rings. The normalized spacial score (nSPS) is 12.2. The Labute approximate surface area is 121 Å². The lowest BCUT2D eigenvalue weighted by Crippen LogP contribution is -2.45. The number of nitrogens with one attached hydrogen (secondary N) is 1. The average molecular weight is 297 g/mol. The van der Waals surface area contributed by atoms with E-state index in [1.807, 2.05) is 0 Å². The van der Waals surface area contributed by atoms with Crippen molar-refractivity contribution >= 4 is 11.9 Å². The number of hydrogen-bond donors (Lipinski definition) is 2. The van der Waals surface area contributed by atoms with Crippen molar-refractivity contribution in [3.05, 3.63) is 28.2 Å². The van der Waals surface area contributed by atoms with E-state index < -0.39 is 17.9 Å². The van der Waals surface area contributed by atoms with E-state index in [4.69, 9.17) is 9.84 Å². The van der Waals surface area contributed by atoms with Crippen LogP contribution in [0.3, 0.4) is 0 Å². The number of methoxy groups -OCH3 is 1. The lowest BCUT2D eigenvalue weighted by atomic mass is 10.0. The van der Waals surface area contributed by atoms with E-state index in [1.54, 1.807) is 13.8 Å². The maximum absolute atomic E-state index is 12.0. The number of carbonyl (C=O) groups excluding carboxylic acids is 1. The number of aromatic nitrogens is 2. The molecule has 0 aliphatic heterocycles. The van der Waals surface area contributed by atoms with Crippen LogP contribution in [0.1, 0.15) is 24.3 Å². The summed E-state index contributed by atoms with van der Waals surface area (Å²) in [5, 5.41) is 15.3. The Morgan fingerprint density at radius 2 is 2.10 bits per heavy atom. The maximum Gasteiger partial charge on any atom is 0.326 e. The Bertz CT molecular complexity index is 567. The third-order valence-corrected chi connectivity index (χ3v) is 2.83. The summed E-state index contributed by atoms with van der Waals surface area (Å²) in [6, 6.07) is 1.46. The highest BCUT2D eigenvalue weighted by Gasteiger charge is 2.24. The minimum absolute atomic E-state index is 0.0161. The molecule has 0 spiro atoms. The minimum atomic E-state index is -1.12. The molecule has 8 heteroatoms. The van der Waals surface area contributed by atoms with Gasteiger partial charge < -0.3 is 15.2 Å². The van der Waals surface area contributed by atoms with Gasteiger partial charge in [-0.25, -0.2) is 9.48 Å². The van der Waals surface area contributed by atoms with Crippen molar-refractivity contribution in [1.29, 1.82) is 0 Å². The van der Waals surface area contributed by atoms with Gasteiger partial charge in [-0.3, -0.25) is 9.59 Å². The number of carboxylic acids is 1. The van der Waals surface area contributed by atoms with Gasteiger partial charge in [0.1, 0.15) is 11.7 Å². The van der Waals surface area contributed by atoms with Crippen molar-refractivity contribution < 1.29 is 19.4 Å². The van der Waals surface area contributed by atoms with Crippen molar-refractivity contribution in [2.75, 3.05) is 13.7 Å². The van der Waals surface area contributed by atoms with Crippen LogP contribution in [0.15, 0.2) is 16.9 Å². The first-order valence-corrected chi connectivity index (χ1v) is 6.47. The second-order valence-electron chi connectivity index (χ2n) is 4.81. The predicted molar refractivity (Wildman–Crippen MR) is 74.1 cm³/mol. The first-order chi connectivity index (χ1) is 9.86. The molecule has 1 unspecified atom stereocenters. The van der Waals surface area contributed by atoms with E-state index in [2.05, 4.69) is 10.4 Å². The van der Waals surface area contributed by atoms with Crippen LogP contribution >= 0.6 is 0 Å². The molecule has 1 amide bonds. The van der Waals surface area contributed by atoms with Crippen LogP contribution in [0.5, 0.6) is 0 Å². The van der Waals surface area contributed by atoms with Crippen LogP contribution in [0.25, 0.3) is 0 Å². The van der Waals surface area contributed by atoms with Gasteiger partial charge in [0, 0.05) is 13.2 Å². The molecule has 8 nitrogen and oxygen atoms in total. The zero-order valence-electron chi connectivity index (χ0n) is 12.2. The first-order valence-electron chi connectivity index (χ1n) is 6.47. The van der Waals surface area contributed by atoms with E-state index in [-0.39, 0.29) is 30.3 Å². The van der Waals surface area contributed by atoms with Gasteiger partial charge in [0.25, 0.3) is 11.5 Å². The fourth-order valence-corrected chi connectivity index (χ4v) is 1.64. The molecule has 1 heterocycles. The molecule has 0 fully saturated rings. The molecule has 0 bridgehead atoms. The summed E-state index contributed by atoms with van der Waals surface area (Å²) in [6.45, 7) is 3.86. The number of ether oxygens (including phenoxy) is 1. The average Bonchev–Trinajstić information content (AvgIpc) is 2.42. The summed E-state index contributed by atoms with van der Waals surface area (Å²) >= 11 is 0. The zero-order valence-corrected chi connectivity index (χ0v) is 12.2. The summed E-state index contributed by atoms with van der Waals surface area (Å²) in [6.07, 6.45) is 0. The number of nitrogens with zero attached hydrogens (tertiary/aromatic N) is 2. The molecule has 0 aliphatic carbocycles. The zero-order chi connectivity index (χ0) is 16.0. The third-order valence-electron chi connectivity index (χ3n) is 2.83. The standard InChI is InChI=1S/C13H19N3O5/c1-8(2)11(13(19)20)14-12(18)9-4-5-10(17)16(15-9)6-7-21-3/h4-5,8,11H,6-7H2,1-3H3,(H,14,18)(H,19,20). The third kappa shape index (κ3) is 4.67. The molecular formula is C13H19N3O5. The number of rotatable bonds is 7.